The van der Waals surface area contributed by atoms with Crippen LogP contribution in [0.1, 0.15) is 30.3 Å². The zero-order valence-corrected chi connectivity index (χ0v) is 12.1. The molecule has 0 amide bonds. The van der Waals surface area contributed by atoms with E-state index in [4.69, 9.17) is 16.3 Å². The number of fused-ring (bicyclic) bond motifs is 1. The van der Waals surface area contributed by atoms with Gasteiger partial charge in [0, 0.05) is 17.1 Å². The maximum absolute atomic E-state index is 6.21. The molecule has 1 aromatic heterocycles. The van der Waals surface area contributed by atoms with E-state index in [0.29, 0.717) is 11.6 Å². The third-order valence-corrected chi connectivity index (χ3v) is 4.12. The minimum Gasteiger partial charge on any atom is -0.492 e. The van der Waals surface area contributed by atoms with Crippen LogP contribution in [0, 0.1) is 6.92 Å². The van der Waals surface area contributed by atoms with Crippen molar-refractivity contribution in [2.75, 3.05) is 11.9 Å². The first-order valence-corrected chi connectivity index (χ1v) is 7.37. The van der Waals surface area contributed by atoms with Crippen molar-refractivity contribution in [2.45, 2.75) is 25.8 Å². The molecule has 0 fully saturated rings. The van der Waals surface area contributed by atoms with Crippen molar-refractivity contribution >= 4 is 28.3 Å². The summed E-state index contributed by atoms with van der Waals surface area (Å²) in [6.07, 6.45) is 1.98. The molecule has 100 valence electrons. The van der Waals surface area contributed by atoms with Gasteiger partial charge in [-0.25, -0.2) is 4.98 Å². The topological polar surface area (TPSA) is 47.0 Å². The minimum absolute atomic E-state index is 0.170. The van der Waals surface area contributed by atoms with E-state index < -0.39 is 0 Å². The minimum atomic E-state index is 0.170. The molecule has 3 rings (SSSR count). The Morgan fingerprint density at radius 3 is 3.16 bits per heavy atom. The van der Waals surface area contributed by atoms with Crippen LogP contribution in [0.2, 0.25) is 5.02 Å². The number of rotatable bonds is 2. The second-order valence-corrected chi connectivity index (χ2v) is 5.65. The van der Waals surface area contributed by atoms with Gasteiger partial charge in [-0.1, -0.05) is 23.7 Å². The number of para-hydroxylation sites is 1. The highest BCUT2D eigenvalue weighted by Crippen LogP contribution is 2.38. The number of aryl methyl sites for hydroxylation is 1. The Morgan fingerprint density at radius 1 is 1.47 bits per heavy atom. The molecule has 2 heterocycles. The van der Waals surface area contributed by atoms with E-state index in [-0.39, 0.29) is 6.04 Å². The molecule has 0 saturated heterocycles. The highest BCUT2D eigenvalue weighted by atomic mass is 35.5. The van der Waals surface area contributed by atoms with Gasteiger partial charge in [-0.05, 0) is 25.8 Å². The predicted molar refractivity (Wildman–Crippen MR) is 77.2 cm³/mol. The highest BCUT2D eigenvalue weighted by molar-refractivity contribution is 7.09. The normalized spacial score (nSPS) is 18.3. The quantitative estimate of drug-likeness (QED) is 0.915. The molecule has 2 aromatic rings. The summed E-state index contributed by atoms with van der Waals surface area (Å²) in [5.74, 6) is 1.59. The van der Waals surface area contributed by atoms with Gasteiger partial charge in [-0.2, -0.15) is 4.37 Å². The van der Waals surface area contributed by atoms with Crippen LogP contribution in [0.4, 0.5) is 5.13 Å². The lowest BCUT2D eigenvalue weighted by atomic mass is 10.0. The largest absolute Gasteiger partial charge is 0.492 e. The molecule has 1 N–H and O–H groups in total. The molecule has 1 aliphatic rings. The van der Waals surface area contributed by atoms with E-state index in [0.717, 1.165) is 35.1 Å². The summed E-state index contributed by atoms with van der Waals surface area (Å²) >= 11 is 7.59. The van der Waals surface area contributed by atoms with Crippen LogP contribution >= 0.6 is 23.1 Å². The lowest BCUT2D eigenvalue weighted by Gasteiger charge is -2.18. The predicted octanol–water partition coefficient (Wildman–Crippen LogP) is 3.83. The van der Waals surface area contributed by atoms with Crippen molar-refractivity contribution in [3.05, 3.63) is 34.6 Å². The zero-order valence-electron chi connectivity index (χ0n) is 10.5. The zero-order chi connectivity index (χ0) is 13.2. The number of nitrogens with one attached hydrogen (secondary N) is 1. The maximum Gasteiger partial charge on any atom is 0.203 e. The number of aromatic nitrogens is 2. The van der Waals surface area contributed by atoms with Crippen LogP contribution in [0.25, 0.3) is 0 Å². The lowest BCUT2D eigenvalue weighted by molar-refractivity contribution is 0.316. The van der Waals surface area contributed by atoms with Crippen molar-refractivity contribution in [3.8, 4) is 5.75 Å². The molecule has 0 saturated carbocycles. The van der Waals surface area contributed by atoms with Crippen LogP contribution in [0.3, 0.4) is 0 Å². The number of anilines is 1. The van der Waals surface area contributed by atoms with Gasteiger partial charge in [0.1, 0.15) is 11.6 Å². The number of benzene rings is 1. The fraction of sp³-hybridized carbons (Fsp3) is 0.385. The summed E-state index contributed by atoms with van der Waals surface area (Å²) in [6, 6.07) is 6.04. The van der Waals surface area contributed by atoms with Gasteiger partial charge >= 0.3 is 0 Å². The molecule has 1 aliphatic heterocycles. The second-order valence-electron chi connectivity index (χ2n) is 4.49. The Bertz CT molecular complexity index is 587. The molecule has 1 unspecified atom stereocenters. The number of halogens is 1. The highest BCUT2D eigenvalue weighted by Gasteiger charge is 2.22. The standard InChI is InChI=1S/C13H14ClN3OS/c1-8-15-13(19-17-8)16-11-6-3-7-18-12-9(11)4-2-5-10(12)14/h2,4-5,11H,3,6-7H2,1H3,(H,15,16,17). The number of nitrogens with zero attached hydrogens (tertiary/aromatic N) is 2. The van der Waals surface area contributed by atoms with E-state index in [1.54, 1.807) is 0 Å². The first-order chi connectivity index (χ1) is 9.24. The third-order valence-electron chi connectivity index (χ3n) is 3.08. The molecule has 6 heteroatoms. The van der Waals surface area contributed by atoms with E-state index in [9.17, 15) is 0 Å². The summed E-state index contributed by atoms with van der Waals surface area (Å²) in [4.78, 5) is 4.35. The molecule has 1 atom stereocenters. The van der Waals surface area contributed by atoms with E-state index in [1.165, 1.54) is 11.5 Å². The molecule has 0 aliphatic carbocycles. The molecular formula is C13H14ClN3OS. The van der Waals surface area contributed by atoms with Crippen LogP contribution < -0.4 is 10.1 Å². The van der Waals surface area contributed by atoms with Crippen LogP contribution in [-0.4, -0.2) is 16.0 Å². The average molecular weight is 296 g/mol. The van der Waals surface area contributed by atoms with Gasteiger partial charge < -0.3 is 10.1 Å². The summed E-state index contributed by atoms with van der Waals surface area (Å²) < 4.78 is 9.94. The van der Waals surface area contributed by atoms with Crippen LogP contribution in [0.15, 0.2) is 18.2 Å². The Balaban J connectivity index is 1.92. The first-order valence-electron chi connectivity index (χ1n) is 6.22. The van der Waals surface area contributed by atoms with Crippen molar-refractivity contribution in [1.29, 1.82) is 0 Å². The first kappa shape index (κ1) is 12.7. The van der Waals surface area contributed by atoms with Crippen molar-refractivity contribution in [1.82, 2.24) is 9.36 Å². The monoisotopic (exact) mass is 295 g/mol. The van der Waals surface area contributed by atoms with E-state index in [2.05, 4.69) is 20.7 Å². The smallest absolute Gasteiger partial charge is 0.203 e. The van der Waals surface area contributed by atoms with Gasteiger partial charge in [-0.15, -0.1) is 0 Å². The molecule has 0 spiro atoms. The van der Waals surface area contributed by atoms with Gasteiger partial charge in [0.25, 0.3) is 0 Å². The Kier molecular flexibility index (Phi) is 3.57. The molecule has 4 nitrogen and oxygen atoms in total. The summed E-state index contributed by atoms with van der Waals surface area (Å²) in [6.45, 7) is 2.59. The van der Waals surface area contributed by atoms with Gasteiger partial charge in [0.05, 0.1) is 17.7 Å². The maximum atomic E-state index is 6.21. The van der Waals surface area contributed by atoms with Crippen molar-refractivity contribution < 1.29 is 4.74 Å². The fourth-order valence-corrected chi connectivity index (χ4v) is 3.09. The average Bonchev–Trinajstić information content (AvgIpc) is 2.68. The van der Waals surface area contributed by atoms with Crippen LogP contribution in [0.5, 0.6) is 5.75 Å². The number of ether oxygens (including phenoxy) is 1. The second kappa shape index (κ2) is 5.35. The SMILES string of the molecule is Cc1nsc(NC2CCCOc3c(Cl)cccc32)n1. The fourth-order valence-electron chi connectivity index (χ4n) is 2.22. The van der Waals surface area contributed by atoms with E-state index >= 15 is 0 Å². The number of hydrogen-bond donors (Lipinski definition) is 1. The third kappa shape index (κ3) is 2.67. The van der Waals surface area contributed by atoms with Gasteiger partial charge in [0.15, 0.2) is 0 Å². The van der Waals surface area contributed by atoms with Crippen LogP contribution in [-0.2, 0) is 0 Å². The molecule has 19 heavy (non-hydrogen) atoms. The summed E-state index contributed by atoms with van der Waals surface area (Å²) in [5.41, 5.74) is 1.10. The summed E-state index contributed by atoms with van der Waals surface area (Å²) in [7, 11) is 0. The molecule has 0 bridgehead atoms. The van der Waals surface area contributed by atoms with Gasteiger partial charge in [-0.3, -0.25) is 0 Å². The number of hydrogen-bond acceptors (Lipinski definition) is 5. The Morgan fingerprint density at radius 2 is 2.37 bits per heavy atom. The van der Waals surface area contributed by atoms with E-state index in [1.807, 2.05) is 19.1 Å². The molecular weight excluding hydrogens is 282 g/mol. The lowest BCUT2D eigenvalue weighted by Crippen LogP contribution is -2.10. The van der Waals surface area contributed by atoms with Crippen molar-refractivity contribution in [2.24, 2.45) is 0 Å². The molecule has 0 radical (unpaired) electrons. The molecule has 1 aromatic carbocycles. The summed E-state index contributed by atoms with van der Waals surface area (Å²) in [5, 5.41) is 4.94. The van der Waals surface area contributed by atoms with Gasteiger partial charge in [0.2, 0.25) is 5.13 Å². The van der Waals surface area contributed by atoms with Crippen molar-refractivity contribution in [3.63, 3.8) is 0 Å². The Hall–Kier alpha value is -1.33. The Labute approximate surface area is 120 Å².